The van der Waals surface area contributed by atoms with Gasteiger partial charge in [-0.1, -0.05) is 6.07 Å². The molecule has 2 aliphatic heterocycles. The van der Waals surface area contributed by atoms with Crippen LogP contribution in [0.25, 0.3) is 0 Å². The molecule has 7 nitrogen and oxygen atoms in total. The molecule has 2 fully saturated rings. The zero-order valence-corrected chi connectivity index (χ0v) is 20.4. The van der Waals surface area contributed by atoms with Gasteiger partial charge in [0, 0.05) is 76.2 Å². The normalized spacial score (nSPS) is 21.9. The number of anilines is 1. The number of carbonyl (C=O) groups excluding carboxylic acids is 1. The molecule has 2 N–H and O–H groups in total. The van der Waals surface area contributed by atoms with Gasteiger partial charge >= 0.3 is 16.2 Å². The molecule has 9 heteroatoms. The fourth-order valence-corrected chi connectivity index (χ4v) is 5.99. The minimum absolute atomic E-state index is 0. The van der Waals surface area contributed by atoms with Gasteiger partial charge in [0.25, 0.3) is 0 Å². The third-order valence-corrected chi connectivity index (χ3v) is 7.93. The molecule has 0 aromatic heterocycles. The summed E-state index contributed by atoms with van der Waals surface area (Å²) in [6.45, 7) is 3.05. The number of hydrogen-bond acceptors (Lipinski definition) is 4. The molecule has 28 heavy (non-hydrogen) atoms. The number of carbonyl (C=O) groups is 1. The minimum Gasteiger partial charge on any atom is -0.307 e. The van der Waals surface area contributed by atoms with Crippen LogP contribution in [0.1, 0.15) is 41.5 Å². The Balaban J connectivity index is 0.00000192. The summed E-state index contributed by atoms with van der Waals surface area (Å²) in [5, 5.41) is 2.89. The summed E-state index contributed by atoms with van der Waals surface area (Å²) in [6, 6.07) is 1.95. The Kier molecular flexibility index (Phi) is 6.27. The number of amides is 2. The first-order chi connectivity index (χ1) is 13.0. The van der Waals surface area contributed by atoms with Crippen molar-refractivity contribution in [2.45, 2.75) is 51.0 Å². The topological polar surface area (TPSA) is 81.8 Å². The number of likely N-dealkylation sites (tertiary alicyclic amines) is 1. The molecule has 0 atom stereocenters. The molecule has 0 saturated carbocycles. The van der Waals surface area contributed by atoms with Gasteiger partial charge < -0.3 is 5.32 Å². The summed E-state index contributed by atoms with van der Waals surface area (Å²) in [4.78, 5) is 14.8. The number of aryl methyl sites for hydroxylation is 2. The molecule has 1 radical (unpaired) electrons. The van der Waals surface area contributed by atoms with E-state index in [0.29, 0.717) is 19.1 Å². The molecule has 1 aromatic carbocycles. The predicted octanol–water partition coefficient (Wildman–Crippen LogP) is 1.04. The van der Waals surface area contributed by atoms with Crippen molar-refractivity contribution < 1.29 is 13.2 Å². The first-order valence-corrected chi connectivity index (χ1v) is 11.4. The van der Waals surface area contributed by atoms with Crippen molar-refractivity contribution >= 4 is 73.3 Å². The molecule has 5 rings (SSSR count). The molecule has 2 saturated heterocycles. The zero-order valence-electron chi connectivity index (χ0n) is 16.5. The number of nitrogens with one attached hydrogen (secondary N) is 2. The van der Waals surface area contributed by atoms with Gasteiger partial charge in [-0.2, -0.15) is 12.7 Å². The molecule has 147 valence electrons. The van der Waals surface area contributed by atoms with E-state index < -0.39 is 16.2 Å². The zero-order chi connectivity index (χ0) is 18.6. The Bertz CT molecular complexity index is 863. The maximum absolute atomic E-state index is 12.5. The maximum Gasteiger partial charge on any atom is 0.333 e. The van der Waals surface area contributed by atoms with Crippen LogP contribution in [0.2, 0.25) is 0 Å². The molecular formula is C19H26KN4O3S. The Hall–Kier alpha value is -0.00364. The Morgan fingerprint density at radius 3 is 2.11 bits per heavy atom. The Labute approximate surface area is 209 Å². The summed E-state index contributed by atoms with van der Waals surface area (Å²) in [5.41, 5.74) is 5.89. The van der Waals surface area contributed by atoms with Crippen LogP contribution in [-0.4, -0.2) is 107 Å². The van der Waals surface area contributed by atoms with Crippen molar-refractivity contribution in [2.24, 2.45) is 0 Å². The summed E-state index contributed by atoms with van der Waals surface area (Å²) >= 11 is 0. The minimum atomic E-state index is -3.78. The van der Waals surface area contributed by atoms with Crippen LogP contribution in [0, 0.1) is 0 Å². The quantitative estimate of drug-likeness (QED) is 0.701. The van der Waals surface area contributed by atoms with Crippen molar-refractivity contribution in [3.8, 4) is 0 Å². The fraction of sp³-hybridized carbons (Fsp3) is 0.632. The first kappa shape index (κ1) is 21.2. The first-order valence-electron chi connectivity index (χ1n) is 10.0. The van der Waals surface area contributed by atoms with Crippen molar-refractivity contribution in [2.75, 3.05) is 31.5 Å². The fourth-order valence-electron chi connectivity index (χ4n) is 4.84. The number of urea groups is 1. The van der Waals surface area contributed by atoms with Crippen LogP contribution in [0.3, 0.4) is 0 Å². The van der Waals surface area contributed by atoms with Gasteiger partial charge in [0.2, 0.25) is 0 Å². The van der Waals surface area contributed by atoms with Crippen molar-refractivity contribution in [1.29, 1.82) is 0 Å². The van der Waals surface area contributed by atoms with Gasteiger partial charge in [0.05, 0.1) is 0 Å². The second-order valence-electron chi connectivity index (χ2n) is 8.16. The van der Waals surface area contributed by atoms with Crippen LogP contribution in [0.5, 0.6) is 0 Å². The van der Waals surface area contributed by atoms with E-state index in [0.717, 1.165) is 57.3 Å². The van der Waals surface area contributed by atoms with Gasteiger partial charge in [-0.15, -0.1) is 0 Å². The SMILES string of the molecule is O=C(Nc1c2c(cc3c1CCC3)CCC2)NS(=O)(=O)N1CC(N2CCC2)C1.[K]. The average Bonchev–Trinajstić information content (AvgIpc) is 3.15. The number of benzene rings is 1. The van der Waals surface area contributed by atoms with Crippen LogP contribution in [-0.2, 0) is 35.9 Å². The van der Waals surface area contributed by atoms with E-state index in [1.807, 2.05) is 0 Å². The number of rotatable bonds is 4. The predicted molar refractivity (Wildman–Crippen MR) is 109 cm³/mol. The summed E-state index contributed by atoms with van der Waals surface area (Å²) in [7, 11) is -3.78. The smallest absolute Gasteiger partial charge is 0.307 e. The molecule has 2 amide bonds. The summed E-state index contributed by atoms with van der Waals surface area (Å²) in [6.07, 6.45) is 7.38. The van der Waals surface area contributed by atoms with Gasteiger partial charge in [-0.25, -0.2) is 9.52 Å². The third-order valence-electron chi connectivity index (χ3n) is 6.51. The van der Waals surface area contributed by atoms with Crippen molar-refractivity contribution in [3.63, 3.8) is 0 Å². The number of hydrogen-bond donors (Lipinski definition) is 2. The molecule has 0 bridgehead atoms. The number of fused-ring (bicyclic) bond motifs is 2. The van der Waals surface area contributed by atoms with Crippen LogP contribution < -0.4 is 10.0 Å². The van der Waals surface area contributed by atoms with E-state index in [-0.39, 0.29) is 51.4 Å². The molecule has 0 spiro atoms. The monoisotopic (exact) mass is 429 g/mol. The van der Waals surface area contributed by atoms with Gasteiger partial charge in [-0.05, 0) is 80.3 Å². The van der Waals surface area contributed by atoms with Crippen molar-refractivity contribution in [1.82, 2.24) is 13.9 Å². The molecule has 2 heterocycles. The molecular weight excluding hydrogens is 403 g/mol. The van der Waals surface area contributed by atoms with Gasteiger partial charge in [-0.3, -0.25) is 4.90 Å². The van der Waals surface area contributed by atoms with Crippen LogP contribution in [0.4, 0.5) is 10.5 Å². The largest absolute Gasteiger partial charge is 0.333 e. The Morgan fingerprint density at radius 2 is 1.57 bits per heavy atom. The molecule has 2 aliphatic carbocycles. The van der Waals surface area contributed by atoms with Crippen molar-refractivity contribution in [3.05, 3.63) is 28.3 Å². The molecule has 1 aromatic rings. The van der Waals surface area contributed by atoms with E-state index in [4.69, 9.17) is 0 Å². The summed E-state index contributed by atoms with van der Waals surface area (Å²) < 4.78 is 28.6. The van der Waals surface area contributed by atoms with E-state index in [2.05, 4.69) is 21.0 Å². The van der Waals surface area contributed by atoms with E-state index in [1.165, 1.54) is 33.0 Å². The van der Waals surface area contributed by atoms with Gasteiger partial charge in [0.15, 0.2) is 0 Å². The average molecular weight is 430 g/mol. The van der Waals surface area contributed by atoms with Crippen LogP contribution in [0.15, 0.2) is 6.07 Å². The van der Waals surface area contributed by atoms with Gasteiger partial charge in [0.1, 0.15) is 0 Å². The maximum atomic E-state index is 12.5. The van der Waals surface area contributed by atoms with E-state index in [1.54, 1.807) is 0 Å². The van der Waals surface area contributed by atoms with Crippen LogP contribution >= 0.6 is 0 Å². The third kappa shape index (κ3) is 3.84. The second-order valence-corrected chi connectivity index (χ2v) is 9.83. The van der Waals surface area contributed by atoms with E-state index in [9.17, 15) is 13.2 Å². The second kappa shape index (κ2) is 8.26. The number of nitrogens with zero attached hydrogens (tertiary/aromatic N) is 2. The Morgan fingerprint density at radius 1 is 0.964 bits per heavy atom. The van der Waals surface area contributed by atoms with E-state index >= 15 is 0 Å². The molecule has 4 aliphatic rings. The standard InChI is InChI=1S/C19H26N4O3S.K/c24-19(21-27(25,26)23-11-15(12-23)22-8-3-9-22)20-18-16-6-1-4-13(16)10-14-5-2-7-17(14)18;/h10,15H,1-9,11-12H2,(H2,20,21,24);. The molecule has 0 unspecified atom stereocenters. The summed E-state index contributed by atoms with van der Waals surface area (Å²) in [5.74, 6) is 0.